The summed E-state index contributed by atoms with van der Waals surface area (Å²) in [6.45, 7) is 0. The zero-order chi connectivity index (χ0) is 5.82. The van der Waals surface area contributed by atoms with Crippen molar-refractivity contribution in [2.24, 2.45) is 0 Å². The van der Waals surface area contributed by atoms with Gasteiger partial charge in [0.05, 0.1) is 11.0 Å². The molecule has 1 aromatic heterocycles. The van der Waals surface area contributed by atoms with E-state index >= 15 is 0 Å². The van der Waals surface area contributed by atoms with Gasteiger partial charge in [-0.15, -0.1) is 0 Å². The Morgan fingerprint density at radius 3 is 3.12 bits per heavy atom. The van der Waals surface area contributed by atoms with E-state index in [4.69, 9.17) is 0 Å². The predicted octanol–water partition coefficient (Wildman–Crippen LogP) is 0.489. The molecule has 0 bridgehead atoms. The Balaban J connectivity index is 2.50. The van der Waals surface area contributed by atoms with Gasteiger partial charge in [0.2, 0.25) is 0 Å². The summed E-state index contributed by atoms with van der Waals surface area (Å²) in [7, 11) is 0. The molecule has 0 unspecified atom stereocenters. The average molecular weight is 130 g/mol. The number of thioether (sulfide) groups is 1. The topological polar surface area (TPSA) is 51.8 Å². The summed E-state index contributed by atoms with van der Waals surface area (Å²) >= 11 is 1.37. The SMILES string of the molecule is [CH2]SCc1nnno1. The van der Waals surface area contributed by atoms with Crippen LogP contribution in [0.4, 0.5) is 0 Å². The number of rotatable bonds is 2. The Labute approximate surface area is 50.6 Å². The largest absolute Gasteiger partial charge is 0.319 e. The summed E-state index contributed by atoms with van der Waals surface area (Å²) in [5.41, 5.74) is 0. The zero-order valence-electron chi connectivity index (χ0n) is 4.07. The highest BCUT2D eigenvalue weighted by molar-refractivity contribution is 7.99. The number of hydrogen-bond acceptors (Lipinski definition) is 5. The molecule has 43 valence electrons. The van der Waals surface area contributed by atoms with Crippen LogP contribution in [0.3, 0.4) is 0 Å². The molecule has 1 rings (SSSR count). The first-order valence-corrected chi connectivity index (χ1v) is 3.10. The Hall–Kier alpha value is -0.580. The first-order valence-electron chi connectivity index (χ1n) is 1.94. The van der Waals surface area contributed by atoms with Gasteiger partial charge >= 0.3 is 0 Å². The lowest BCUT2D eigenvalue weighted by Crippen LogP contribution is -1.76. The van der Waals surface area contributed by atoms with Gasteiger partial charge in [0.25, 0.3) is 5.89 Å². The maximum absolute atomic E-state index is 4.54. The Morgan fingerprint density at radius 2 is 2.62 bits per heavy atom. The minimum absolute atomic E-state index is 0.519. The normalized spacial score (nSPS) is 9.62. The van der Waals surface area contributed by atoms with Crippen LogP contribution in [-0.2, 0) is 5.75 Å². The van der Waals surface area contributed by atoms with Crippen LogP contribution in [0.1, 0.15) is 5.89 Å². The van der Waals surface area contributed by atoms with Crippen LogP contribution in [0.15, 0.2) is 4.52 Å². The van der Waals surface area contributed by atoms with E-state index in [1.807, 2.05) is 0 Å². The van der Waals surface area contributed by atoms with Crippen molar-refractivity contribution in [1.29, 1.82) is 0 Å². The molecule has 8 heavy (non-hydrogen) atoms. The van der Waals surface area contributed by atoms with Crippen LogP contribution in [0, 0.1) is 6.26 Å². The van der Waals surface area contributed by atoms with Crippen molar-refractivity contribution in [3.63, 3.8) is 0 Å². The lowest BCUT2D eigenvalue weighted by atomic mass is 10.8. The number of aromatic nitrogens is 3. The van der Waals surface area contributed by atoms with Crippen molar-refractivity contribution in [1.82, 2.24) is 15.6 Å². The molecular formula is C3H4N3OS. The van der Waals surface area contributed by atoms with Crippen LogP contribution in [0.25, 0.3) is 0 Å². The van der Waals surface area contributed by atoms with Gasteiger partial charge in [-0.2, -0.15) is 11.8 Å². The van der Waals surface area contributed by atoms with Crippen LogP contribution < -0.4 is 0 Å². The van der Waals surface area contributed by atoms with Gasteiger partial charge in [-0.1, -0.05) is 5.10 Å². The van der Waals surface area contributed by atoms with Crippen molar-refractivity contribution in [3.05, 3.63) is 12.1 Å². The van der Waals surface area contributed by atoms with Gasteiger partial charge in [0.1, 0.15) is 0 Å². The lowest BCUT2D eigenvalue weighted by Gasteiger charge is -1.80. The van der Waals surface area contributed by atoms with Gasteiger partial charge in [-0.25, -0.2) is 0 Å². The third-order valence-electron chi connectivity index (χ3n) is 0.565. The molecule has 0 amide bonds. The van der Waals surface area contributed by atoms with Crippen molar-refractivity contribution in [2.45, 2.75) is 5.75 Å². The average Bonchev–Trinajstić information content (AvgIpc) is 2.19. The maximum Gasteiger partial charge on any atom is 0.257 e. The second-order valence-electron chi connectivity index (χ2n) is 1.10. The molecular weight excluding hydrogens is 126 g/mol. The molecule has 5 heteroatoms. The molecule has 0 atom stereocenters. The highest BCUT2D eigenvalue weighted by Crippen LogP contribution is 2.03. The molecule has 0 fully saturated rings. The second kappa shape index (κ2) is 2.66. The third kappa shape index (κ3) is 1.19. The summed E-state index contributed by atoms with van der Waals surface area (Å²) in [6.07, 6.45) is 3.52. The minimum Gasteiger partial charge on any atom is -0.319 e. The Bertz CT molecular complexity index is 140. The van der Waals surface area contributed by atoms with Crippen LogP contribution >= 0.6 is 11.8 Å². The molecule has 1 radical (unpaired) electrons. The Kier molecular flexibility index (Phi) is 1.85. The molecule has 0 aliphatic heterocycles. The molecule has 4 nitrogen and oxygen atoms in total. The van der Waals surface area contributed by atoms with Crippen LogP contribution in [-0.4, -0.2) is 15.6 Å². The highest BCUT2D eigenvalue weighted by Gasteiger charge is 1.94. The fourth-order valence-corrected chi connectivity index (χ4v) is 0.579. The number of nitrogens with zero attached hydrogens (tertiary/aromatic N) is 3. The maximum atomic E-state index is 4.54. The lowest BCUT2D eigenvalue weighted by molar-refractivity contribution is 0.371. The first-order chi connectivity index (χ1) is 3.93. The van der Waals surface area contributed by atoms with Crippen LogP contribution in [0.5, 0.6) is 0 Å². The second-order valence-corrected chi connectivity index (χ2v) is 1.80. The van der Waals surface area contributed by atoms with E-state index in [1.54, 1.807) is 0 Å². The zero-order valence-corrected chi connectivity index (χ0v) is 4.89. The summed E-state index contributed by atoms with van der Waals surface area (Å²) in [6, 6.07) is 0. The van der Waals surface area contributed by atoms with Crippen LogP contribution in [0.2, 0.25) is 0 Å². The standard InChI is InChI=1S/C3H4N3OS/c1-8-2-3-4-5-6-7-3/h1-2H2. The molecule has 0 saturated carbocycles. The molecule has 0 spiro atoms. The quantitative estimate of drug-likeness (QED) is 0.583. The van der Waals surface area contributed by atoms with Gasteiger partial charge < -0.3 is 4.52 Å². The molecule has 0 aliphatic rings. The molecule has 0 N–H and O–H groups in total. The highest BCUT2D eigenvalue weighted by atomic mass is 32.2. The predicted molar refractivity (Wildman–Crippen MR) is 28.7 cm³/mol. The van der Waals surface area contributed by atoms with Crippen molar-refractivity contribution in [3.8, 4) is 0 Å². The Morgan fingerprint density at radius 1 is 1.75 bits per heavy atom. The summed E-state index contributed by atoms with van der Waals surface area (Å²) in [5, 5.41) is 9.91. The summed E-state index contributed by atoms with van der Waals surface area (Å²) in [5.74, 6) is 1.15. The van der Waals surface area contributed by atoms with E-state index in [0.29, 0.717) is 11.6 Å². The molecule has 0 saturated heterocycles. The summed E-state index contributed by atoms with van der Waals surface area (Å²) in [4.78, 5) is 0. The van der Waals surface area contributed by atoms with Crippen molar-refractivity contribution >= 4 is 11.8 Å². The van der Waals surface area contributed by atoms with E-state index in [1.165, 1.54) is 11.8 Å². The van der Waals surface area contributed by atoms with E-state index in [0.717, 1.165) is 0 Å². The van der Waals surface area contributed by atoms with Gasteiger partial charge in [-0.05, 0) is 5.21 Å². The molecule has 0 aromatic carbocycles. The van der Waals surface area contributed by atoms with E-state index < -0.39 is 0 Å². The molecule has 1 aromatic rings. The fourth-order valence-electron chi connectivity index (χ4n) is 0.294. The van der Waals surface area contributed by atoms with Crippen molar-refractivity contribution < 1.29 is 4.52 Å². The van der Waals surface area contributed by atoms with E-state index in [-0.39, 0.29) is 0 Å². The van der Waals surface area contributed by atoms with Gasteiger partial charge in [0.15, 0.2) is 0 Å². The van der Waals surface area contributed by atoms with Gasteiger partial charge in [0, 0.05) is 6.26 Å². The minimum atomic E-state index is 0.519. The number of hydrogen-bond donors (Lipinski definition) is 0. The third-order valence-corrected chi connectivity index (χ3v) is 1.02. The van der Waals surface area contributed by atoms with E-state index in [2.05, 4.69) is 26.4 Å². The monoisotopic (exact) mass is 130 g/mol. The van der Waals surface area contributed by atoms with Crippen molar-refractivity contribution in [2.75, 3.05) is 0 Å². The summed E-state index contributed by atoms with van der Waals surface area (Å²) < 4.78 is 4.54. The fraction of sp³-hybridized carbons (Fsp3) is 0.333. The van der Waals surface area contributed by atoms with E-state index in [9.17, 15) is 0 Å². The smallest absolute Gasteiger partial charge is 0.257 e. The molecule has 1 heterocycles. The molecule has 0 aliphatic carbocycles. The first kappa shape index (κ1) is 5.55. The van der Waals surface area contributed by atoms with Gasteiger partial charge in [-0.3, -0.25) is 0 Å².